The first kappa shape index (κ1) is 18.6. The minimum atomic E-state index is -2.34. The summed E-state index contributed by atoms with van der Waals surface area (Å²) < 4.78 is 5.40. The van der Waals surface area contributed by atoms with Gasteiger partial charge in [-0.15, -0.1) is 0 Å². The fraction of sp³-hybridized carbons (Fsp3) is 0.333. The van der Waals surface area contributed by atoms with Gasteiger partial charge in [0.2, 0.25) is 0 Å². The fourth-order valence-electron chi connectivity index (χ4n) is 1.48. The number of nitrogens with zero attached hydrogens (tertiary/aromatic N) is 1. The minimum Gasteiger partial charge on any atom is -0.516 e. The monoisotopic (exact) mass is 337 g/mol. The van der Waals surface area contributed by atoms with Crippen LogP contribution in [0.4, 0.5) is 5.69 Å². The summed E-state index contributed by atoms with van der Waals surface area (Å²) in [5.41, 5.74) is -0.107. The molecule has 23 heavy (non-hydrogen) atoms. The predicted octanol–water partition coefficient (Wildman–Crippen LogP) is 3.22. The Morgan fingerprint density at radius 3 is 2.17 bits per heavy atom. The molecule has 0 bridgehead atoms. The fourth-order valence-corrected chi connectivity index (χ4v) is 2.30. The van der Waals surface area contributed by atoms with E-state index in [1.54, 1.807) is 0 Å². The highest BCUT2D eigenvalue weighted by Crippen LogP contribution is 2.23. The maximum atomic E-state index is 12.1. The highest BCUT2D eigenvalue weighted by atomic mass is 28.4. The van der Waals surface area contributed by atoms with E-state index in [4.69, 9.17) is 4.43 Å². The van der Waals surface area contributed by atoms with Crippen molar-refractivity contribution >= 4 is 32.0 Å². The number of nitro benzene ring substituents is 1. The zero-order valence-corrected chi connectivity index (χ0v) is 14.4. The van der Waals surface area contributed by atoms with Gasteiger partial charge in [0.25, 0.3) is 14.0 Å². The van der Waals surface area contributed by atoms with Crippen LogP contribution in [0.3, 0.4) is 0 Å². The minimum absolute atomic E-state index is 0.116. The van der Waals surface area contributed by atoms with Gasteiger partial charge < -0.3 is 9.53 Å². The summed E-state index contributed by atoms with van der Waals surface area (Å²) >= 11 is 0. The van der Waals surface area contributed by atoms with E-state index in [0.717, 1.165) is 6.08 Å². The number of rotatable bonds is 6. The zero-order valence-electron chi connectivity index (χ0n) is 13.4. The Labute approximate surface area is 134 Å². The van der Waals surface area contributed by atoms with Crippen molar-refractivity contribution in [2.45, 2.75) is 32.5 Å². The Kier molecular flexibility index (Phi) is 5.80. The third kappa shape index (κ3) is 5.03. The molecule has 0 saturated heterocycles. The van der Waals surface area contributed by atoms with Crippen molar-refractivity contribution in [2.24, 2.45) is 0 Å². The molecule has 0 aromatic heterocycles. The van der Waals surface area contributed by atoms with Gasteiger partial charge in [0.05, 0.1) is 4.92 Å². The number of carboxylic acid groups (broad SMARTS) is 1. The van der Waals surface area contributed by atoms with Crippen LogP contribution in [-0.2, 0) is 14.0 Å². The van der Waals surface area contributed by atoms with Crippen molar-refractivity contribution in [2.75, 3.05) is 0 Å². The third-order valence-electron chi connectivity index (χ3n) is 3.61. The first-order valence-corrected chi connectivity index (χ1v) is 9.96. The molecular formula is C15H19NO6Si. The number of carboxylic acids is 1. The van der Waals surface area contributed by atoms with Crippen LogP contribution in [0.5, 0.6) is 0 Å². The van der Waals surface area contributed by atoms with Gasteiger partial charge in [-0.05, 0) is 42.4 Å². The highest BCUT2D eigenvalue weighted by Gasteiger charge is 2.33. The van der Waals surface area contributed by atoms with Gasteiger partial charge in [0, 0.05) is 12.1 Å². The van der Waals surface area contributed by atoms with Crippen LogP contribution in [0, 0.1) is 10.1 Å². The lowest BCUT2D eigenvalue weighted by Gasteiger charge is -2.26. The molecule has 124 valence electrons. The molecule has 8 heteroatoms. The molecule has 1 rings (SSSR count). The molecule has 0 aliphatic heterocycles. The van der Waals surface area contributed by atoms with Gasteiger partial charge in [-0.2, -0.15) is 0 Å². The Bertz CT molecular complexity index is 648. The smallest absolute Gasteiger partial charge is 0.343 e. The van der Waals surface area contributed by atoms with Crippen LogP contribution in [-0.4, -0.2) is 30.3 Å². The van der Waals surface area contributed by atoms with Crippen LogP contribution >= 0.6 is 0 Å². The van der Waals surface area contributed by atoms with Gasteiger partial charge in [0.1, 0.15) is 5.57 Å². The van der Waals surface area contributed by atoms with E-state index >= 15 is 0 Å². The molecule has 0 saturated carbocycles. The summed E-state index contributed by atoms with van der Waals surface area (Å²) in [5.74, 6) is -2.29. The van der Waals surface area contributed by atoms with Gasteiger partial charge in [0.15, 0.2) is 0 Å². The Morgan fingerprint density at radius 1 is 1.26 bits per heavy atom. The standard InChI is InChI=1S/C15H19NO6Si/c1-10(2)23(3,4)22-15(19)13(14(17)18)9-11-5-7-12(8-6-11)16(20)21/h5-10H,1-4H3,(H,17,18). The van der Waals surface area contributed by atoms with E-state index in [-0.39, 0.29) is 11.2 Å². The first-order valence-electron chi connectivity index (χ1n) is 6.97. The topological polar surface area (TPSA) is 107 Å². The van der Waals surface area contributed by atoms with E-state index in [2.05, 4.69) is 0 Å². The van der Waals surface area contributed by atoms with Crippen LogP contribution in [0.25, 0.3) is 6.08 Å². The second-order valence-electron chi connectivity index (χ2n) is 5.86. The second kappa shape index (κ2) is 7.19. The van der Waals surface area contributed by atoms with Crippen molar-refractivity contribution in [3.05, 3.63) is 45.5 Å². The second-order valence-corrected chi connectivity index (χ2v) is 10.4. The number of non-ortho nitro benzene ring substituents is 1. The largest absolute Gasteiger partial charge is 0.516 e. The molecule has 0 aliphatic carbocycles. The molecule has 0 spiro atoms. The number of hydrogen-bond donors (Lipinski definition) is 1. The summed E-state index contributed by atoms with van der Waals surface area (Å²) in [6, 6.07) is 5.23. The van der Waals surface area contributed by atoms with Gasteiger partial charge in [-0.1, -0.05) is 13.8 Å². The lowest BCUT2D eigenvalue weighted by atomic mass is 10.1. The summed E-state index contributed by atoms with van der Waals surface area (Å²) in [5, 5.41) is 19.8. The van der Waals surface area contributed by atoms with Crippen molar-refractivity contribution in [1.29, 1.82) is 0 Å². The molecule has 0 fully saturated rings. The molecule has 0 atom stereocenters. The van der Waals surface area contributed by atoms with E-state index < -0.39 is 30.8 Å². The van der Waals surface area contributed by atoms with Crippen LogP contribution < -0.4 is 0 Å². The summed E-state index contributed by atoms with van der Waals surface area (Å²) in [6.45, 7) is 7.50. The quantitative estimate of drug-likeness (QED) is 0.213. The molecule has 1 aromatic carbocycles. The Morgan fingerprint density at radius 2 is 1.78 bits per heavy atom. The van der Waals surface area contributed by atoms with Crippen molar-refractivity contribution in [3.8, 4) is 0 Å². The SMILES string of the molecule is CC(C)[Si](C)(C)OC(=O)C(=Cc1ccc([N+](=O)[O-])cc1)C(=O)O. The number of carbonyl (C=O) groups is 2. The van der Waals surface area contributed by atoms with Crippen LogP contribution in [0.1, 0.15) is 19.4 Å². The van der Waals surface area contributed by atoms with Crippen LogP contribution in [0.2, 0.25) is 18.6 Å². The summed E-state index contributed by atoms with van der Waals surface area (Å²) in [7, 11) is -2.34. The van der Waals surface area contributed by atoms with E-state index in [0.29, 0.717) is 5.56 Å². The molecular weight excluding hydrogens is 318 g/mol. The number of hydrogen-bond acceptors (Lipinski definition) is 5. The van der Waals surface area contributed by atoms with Crippen LogP contribution in [0.15, 0.2) is 29.8 Å². The van der Waals surface area contributed by atoms with Crippen molar-refractivity contribution < 1.29 is 24.0 Å². The van der Waals surface area contributed by atoms with Gasteiger partial charge in [-0.25, -0.2) is 9.59 Å². The molecule has 1 N–H and O–H groups in total. The molecule has 0 unspecified atom stereocenters. The van der Waals surface area contributed by atoms with Gasteiger partial charge >= 0.3 is 11.9 Å². The van der Waals surface area contributed by atoms with E-state index in [1.165, 1.54) is 24.3 Å². The van der Waals surface area contributed by atoms with Gasteiger partial charge in [-0.3, -0.25) is 10.1 Å². The molecule has 0 amide bonds. The maximum absolute atomic E-state index is 12.1. The lowest BCUT2D eigenvalue weighted by Crippen LogP contribution is -2.37. The Balaban J connectivity index is 3.08. The normalized spacial score (nSPS) is 12.1. The van der Waals surface area contributed by atoms with E-state index in [1.807, 2.05) is 26.9 Å². The predicted molar refractivity (Wildman–Crippen MR) is 87.4 cm³/mol. The molecule has 7 nitrogen and oxygen atoms in total. The number of carbonyl (C=O) groups excluding carboxylic acids is 1. The van der Waals surface area contributed by atoms with Crippen molar-refractivity contribution in [3.63, 3.8) is 0 Å². The van der Waals surface area contributed by atoms with E-state index in [9.17, 15) is 24.8 Å². The first-order chi connectivity index (χ1) is 10.5. The molecule has 0 aliphatic rings. The molecule has 0 radical (unpaired) electrons. The average molecular weight is 337 g/mol. The molecule has 1 aromatic rings. The third-order valence-corrected chi connectivity index (χ3v) is 7.10. The maximum Gasteiger partial charge on any atom is 0.343 e. The number of benzene rings is 1. The highest BCUT2D eigenvalue weighted by molar-refractivity contribution is 6.74. The zero-order chi connectivity index (χ0) is 17.8. The van der Waals surface area contributed by atoms with Crippen molar-refractivity contribution in [1.82, 2.24) is 0 Å². The Hall–Kier alpha value is -2.48. The molecule has 0 heterocycles. The number of nitro groups is 1. The average Bonchev–Trinajstić information content (AvgIpc) is 2.44. The summed E-state index contributed by atoms with van der Waals surface area (Å²) in [4.78, 5) is 33.5. The number of aliphatic carboxylic acids is 1. The lowest BCUT2D eigenvalue weighted by molar-refractivity contribution is -0.384. The summed E-state index contributed by atoms with van der Waals surface area (Å²) in [6.07, 6.45) is 1.15.